The van der Waals surface area contributed by atoms with Crippen molar-refractivity contribution in [2.75, 3.05) is 7.11 Å². The molecule has 1 aromatic carbocycles. The Labute approximate surface area is 124 Å². The molecule has 0 radical (unpaired) electrons. The van der Waals surface area contributed by atoms with Gasteiger partial charge in [0.2, 0.25) is 0 Å². The number of rotatable bonds is 2. The Balaban J connectivity index is 2.23. The van der Waals surface area contributed by atoms with Gasteiger partial charge in [0.1, 0.15) is 0 Å². The molecule has 1 heterocycles. The summed E-state index contributed by atoms with van der Waals surface area (Å²) in [6.07, 6.45) is 8.98. The van der Waals surface area contributed by atoms with Crippen LogP contribution in [0.5, 0.6) is 0 Å². The monoisotopic (exact) mass is 281 g/mol. The molecule has 0 fully saturated rings. The number of aromatic nitrogens is 1. The van der Waals surface area contributed by atoms with E-state index in [9.17, 15) is 4.79 Å². The highest BCUT2D eigenvalue weighted by atomic mass is 16.5. The molecule has 3 nitrogen and oxygen atoms in total. The van der Waals surface area contributed by atoms with E-state index in [2.05, 4.69) is 18.0 Å². The average molecular weight is 281 g/mol. The van der Waals surface area contributed by atoms with Crippen molar-refractivity contribution in [3.05, 3.63) is 47.2 Å². The summed E-state index contributed by atoms with van der Waals surface area (Å²) in [6.45, 7) is 2.09. The van der Waals surface area contributed by atoms with Gasteiger partial charge in [-0.3, -0.25) is 4.98 Å². The molecule has 108 valence electrons. The maximum Gasteiger partial charge on any atom is 0.337 e. The number of pyridine rings is 1. The fraction of sp³-hybridized carbons (Fsp3) is 0.333. The molecule has 0 aliphatic heterocycles. The third-order valence-electron chi connectivity index (χ3n) is 4.09. The van der Waals surface area contributed by atoms with Crippen molar-refractivity contribution in [3.8, 4) is 0 Å². The third kappa shape index (κ3) is 2.56. The molecular weight excluding hydrogens is 262 g/mol. The largest absolute Gasteiger partial charge is 0.465 e. The van der Waals surface area contributed by atoms with E-state index in [0.29, 0.717) is 5.56 Å². The molecule has 0 unspecified atom stereocenters. The molecule has 0 N–H and O–H groups in total. The van der Waals surface area contributed by atoms with E-state index in [1.54, 1.807) is 6.07 Å². The lowest BCUT2D eigenvalue weighted by Crippen LogP contribution is -2.02. The molecule has 0 atom stereocenters. The Morgan fingerprint density at radius 2 is 2.14 bits per heavy atom. The van der Waals surface area contributed by atoms with Crippen LogP contribution in [0.3, 0.4) is 0 Å². The van der Waals surface area contributed by atoms with Gasteiger partial charge >= 0.3 is 5.97 Å². The zero-order valence-electron chi connectivity index (χ0n) is 12.5. The molecule has 0 saturated heterocycles. The first-order chi connectivity index (χ1) is 10.2. The summed E-state index contributed by atoms with van der Waals surface area (Å²) in [7, 11) is 1.41. The van der Waals surface area contributed by atoms with Gasteiger partial charge in [-0.15, -0.1) is 0 Å². The maximum atomic E-state index is 11.8. The van der Waals surface area contributed by atoms with Crippen LogP contribution in [0.15, 0.2) is 30.5 Å². The van der Waals surface area contributed by atoms with Crippen molar-refractivity contribution < 1.29 is 9.53 Å². The molecule has 0 bridgehead atoms. The number of hydrogen-bond acceptors (Lipinski definition) is 3. The minimum Gasteiger partial charge on any atom is -0.465 e. The van der Waals surface area contributed by atoms with Gasteiger partial charge in [0.25, 0.3) is 0 Å². The van der Waals surface area contributed by atoms with E-state index in [1.807, 2.05) is 18.3 Å². The van der Waals surface area contributed by atoms with Gasteiger partial charge in [0, 0.05) is 11.6 Å². The van der Waals surface area contributed by atoms with Gasteiger partial charge in [0.15, 0.2) is 0 Å². The van der Waals surface area contributed by atoms with Crippen LogP contribution >= 0.6 is 0 Å². The zero-order valence-corrected chi connectivity index (χ0v) is 12.5. The molecule has 1 aliphatic rings. The molecule has 3 heteroatoms. The Bertz CT molecular complexity index is 731. The fourth-order valence-electron chi connectivity index (χ4n) is 3.03. The highest BCUT2D eigenvalue weighted by Gasteiger charge is 2.15. The standard InChI is InChI=1S/C18H19NO2/c1-12-11-19-16-9-8-14(18(20)21-2)10-15(16)17(12)13-6-4-3-5-7-13/h6,8-11H,3-5,7H2,1-2H3. The predicted molar refractivity (Wildman–Crippen MR) is 84.3 cm³/mol. The number of benzene rings is 1. The topological polar surface area (TPSA) is 39.2 Å². The molecule has 1 aromatic heterocycles. The lowest BCUT2D eigenvalue weighted by atomic mass is 9.89. The SMILES string of the molecule is COC(=O)c1ccc2ncc(C)c(C3=CCCCC3)c2c1. The number of hydrogen-bond donors (Lipinski definition) is 0. The Morgan fingerprint density at radius 1 is 1.29 bits per heavy atom. The lowest BCUT2D eigenvalue weighted by Gasteiger charge is -2.17. The lowest BCUT2D eigenvalue weighted by molar-refractivity contribution is 0.0601. The average Bonchev–Trinajstić information content (AvgIpc) is 2.54. The highest BCUT2D eigenvalue weighted by Crippen LogP contribution is 2.33. The van der Waals surface area contributed by atoms with E-state index >= 15 is 0 Å². The van der Waals surface area contributed by atoms with Crippen LogP contribution in [-0.4, -0.2) is 18.1 Å². The number of carbonyl (C=O) groups excluding carboxylic acids is 1. The van der Waals surface area contributed by atoms with Crippen molar-refractivity contribution in [1.29, 1.82) is 0 Å². The molecule has 0 amide bonds. The smallest absolute Gasteiger partial charge is 0.337 e. The molecule has 0 spiro atoms. The van der Waals surface area contributed by atoms with Crippen molar-refractivity contribution in [3.63, 3.8) is 0 Å². The van der Waals surface area contributed by atoms with Gasteiger partial charge in [0.05, 0.1) is 18.2 Å². The minimum absolute atomic E-state index is 0.304. The number of ether oxygens (including phenoxy) is 1. The summed E-state index contributed by atoms with van der Waals surface area (Å²) < 4.78 is 4.83. The van der Waals surface area contributed by atoms with Crippen LogP contribution in [0.2, 0.25) is 0 Å². The number of nitrogens with zero attached hydrogens (tertiary/aromatic N) is 1. The minimum atomic E-state index is -0.304. The highest BCUT2D eigenvalue weighted by molar-refractivity contribution is 5.99. The summed E-state index contributed by atoms with van der Waals surface area (Å²) in [5.41, 5.74) is 5.29. The Kier molecular flexibility index (Phi) is 3.74. The molecular formula is C18H19NO2. The summed E-state index contributed by atoms with van der Waals surface area (Å²) in [5.74, 6) is -0.304. The quantitative estimate of drug-likeness (QED) is 0.771. The predicted octanol–water partition coefficient (Wildman–Crippen LogP) is 4.29. The van der Waals surface area contributed by atoms with Crippen LogP contribution in [-0.2, 0) is 4.74 Å². The van der Waals surface area contributed by atoms with Crippen molar-refractivity contribution in [1.82, 2.24) is 4.98 Å². The van der Waals surface area contributed by atoms with Crippen LogP contribution in [0.25, 0.3) is 16.5 Å². The van der Waals surface area contributed by atoms with Crippen molar-refractivity contribution >= 4 is 22.4 Å². The normalized spacial score (nSPS) is 14.9. The number of aryl methyl sites for hydroxylation is 1. The Hall–Kier alpha value is -2.16. The molecule has 21 heavy (non-hydrogen) atoms. The van der Waals surface area contributed by atoms with Crippen LogP contribution in [0.4, 0.5) is 0 Å². The molecule has 3 rings (SSSR count). The summed E-state index contributed by atoms with van der Waals surface area (Å²) >= 11 is 0. The number of carbonyl (C=O) groups is 1. The first kappa shape index (κ1) is 13.8. The fourth-order valence-corrected chi connectivity index (χ4v) is 3.03. The first-order valence-corrected chi connectivity index (χ1v) is 7.38. The van der Waals surface area contributed by atoms with Crippen LogP contribution in [0, 0.1) is 6.92 Å². The van der Waals surface area contributed by atoms with E-state index < -0.39 is 0 Å². The second-order valence-electron chi connectivity index (χ2n) is 5.51. The summed E-state index contributed by atoms with van der Waals surface area (Å²) in [4.78, 5) is 16.3. The van der Waals surface area contributed by atoms with E-state index in [-0.39, 0.29) is 5.97 Å². The second kappa shape index (κ2) is 5.68. The first-order valence-electron chi connectivity index (χ1n) is 7.38. The van der Waals surface area contributed by atoms with Gasteiger partial charge in [-0.25, -0.2) is 4.79 Å². The number of fused-ring (bicyclic) bond motifs is 1. The van der Waals surface area contributed by atoms with Gasteiger partial charge < -0.3 is 4.74 Å². The number of allylic oxidation sites excluding steroid dienone is 2. The van der Waals surface area contributed by atoms with Crippen molar-refractivity contribution in [2.24, 2.45) is 0 Å². The van der Waals surface area contributed by atoms with Crippen LogP contribution < -0.4 is 0 Å². The summed E-state index contributed by atoms with van der Waals surface area (Å²) in [6, 6.07) is 5.58. The Morgan fingerprint density at radius 3 is 2.86 bits per heavy atom. The van der Waals surface area contributed by atoms with Crippen LogP contribution in [0.1, 0.15) is 47.2 Å². The van der Waals surface area contributed by atoms with Gasteiger partial charge in [-0.1, -0.05) is 6.08 Å². The third-order valence-corrected chi connectivity index (χ3v) is 4.09. The maximum absolute atomic E-state index is 11.8. The number of methoxy groups -OCH3 is 1. The second-order valence-corrected chi connectivity index (χ2v) is 5.51. The van der Waals surface area contributed by atoms with E-state index in [4.69, 9.17) is 4.74 Å². The van der Waals surface area contributed by atoms with E-state index in [0.717, 1.165) is 29.3 Å². The van der Waals surface area contributed by atoms with E-state index in [1.165, 1.54) is 31.1 Å². The zero-order chi connectivity index (χ0) is 14.8. The summed E-state index contributed by atoms with van der Waals surface area (Å²) in [5, 5.41) is 1.05. The molecule has 2 aromatic rings. The number of esters is 1. The van der Waals surface area contributed by atoms with Gasteiger partial charge in [-0.2, -0.15) is 0 Å². The molecule has 0 saturated carbocycles. The van der Waals surface area contributed by atoms with Crippen molar-refractivity contribution in [2.45, 2.75) is 32.6 Å². The molecule has 1 aliphatic carbocycles. The van der Waals surface area contributed by atoms with Gasteiger partial charge in [-0.05, 0) is 67.5 Å².